The predicted octanol–water partition coefficient (Wildman–Crippen LogP) is 4.50. The smallest absolute Gasteiger partial charge is 0.187 e. The van der Waals surface area contributed by atoms with E-state index in [0.717, 1.165) is 48.0 Å². The van der Waals surface area contributed by atoms with Gasteiger partial charge in [-0.05, 0) is 37.3 Å². The molecule has 0 aliphatic heterocycles. The molecule has 2 aliphatic carbocycles. The van der Waals surface area contributed by atoms with Crippen LogP contribution in [-0.2, 0) is 4.74 Å². The van der Waals surface area contributed by atoms with Crippen LogP contribution >= 0.6 is 11.3 Å². The van der Waals surface area contributed by atoms with Crippen molar-refractivity contribution in [1.82, 2.24) is 4.98 Å². The van der Waals surface area contributed by atoms with Crippen LogP contribution in [0.5, 0.6) is 0 Å². The van der Waals surface area contributed by atoms with Crippen molar-refractivity contribution in [2.45, 2.75) is 25.7 Å². The minimum atomic E-state index is 0.910. The Balaban J connectivity index is 1.74. The van der Waals surface area contributed by atoms with Gasteiger partial charge in [-0.2, -0.15) is 0 Å². The highest BCUT2D eigenvalue weighted by Crippen LogP contribution is 2.29. The van der Waals surface area contributed by atoms with Gasteiger partial charge in [0.2, 0.25) is 0 Å². The molecule has 0 fully saturated rings. The van der Waals surface area contributed by atoms with Gasteiger partial charge in [0, 0.05) is 5.38 Å². The molecule has 0 unspecified atom stereocenters. The first-order valence-electron chi connectivity index (χ1n) is 6.90. The molecule has 0 radical (unpaired) electrons. The van der Waals surface area contributed by atoms with E-state index in [9.17, 15) is 0 Å². The van der Waals surface area contributed by atoms with E-state index in [1.54, 1.807) is 18.4 Å². The summed E-state index contributed by atoms with van der Waals surface area (Å²) < 4.78 is 5.39. The first-order valence-corrected chi connectivity index (χ1v) is 7.78. The average Bonchev–Trinajstić information content (AvgIpc) is 2.97. The highest BCUT2D eigenvalue weighted by molar-refractivity contribution is 7.13. The Labute approximate surface area is 123 Å². The van der Waals surface area contributed by atoms with Crippen LogP contribution in [0.15, 0.2) is 47.2 Å². The van der Waals surface area contributed by atoms with E-state index in [4.69, 9.17) is 4.74 Å². The second-order valence-electron chi connectivity index (χ2n) is 4.79. The number of thiazole rings is 1. The summed E-state index contributed by atoms with van der Waals surface area (Å²) in [5, 5.41) is 6.41. The average molecular weight is 286 g/mol. The second kappa shape index (κ2) is 6.09. The Morgan fingerprint density at radius 1 is 1.25 bits per heavy atom. The van der Waals surface area contributed by atoms with Gasteiger partial charge in [0.05, 0.1) is 18.5 Å². The van der Waals surface area contributed by atoms with E-state index >= 15 is 0 Å². The molecule has 0 bridgehead atoms. The molecule has 2 aliphatic rings. The number of anilines is 1. The highest BCUT2D eigenvalue weighted by atomic mass is 32.1. The van der Waals surface area contributed by atoms with Crippen molar-refractivity contribution >= 4 is 22.0 Å². The molecule has 4 heteroatoms. The van der Waals surface area contributed by atoms with Gasteiger partial charge in [0.25, 0.3) is 0 Å². The molecular weight excluding hydrogens is 268 g/mol. The number of rotatable bonds is 4. The Kier molecular flexibility index (Phi) is 4.02. The third-order valence-corrected chi connectivity index (χ3v) is 4.18. The molecule has 0 atom stereocenters. The van der Waals surface area contributed by atoms with Crippen LogP contribution in [0.25, 0.3) is 5.57 Å². The number of hydrogen-bond donors (Lipinski definition) is 1. The first kappa shape index (κ1) is 13.2. The maximum Gasteiger partial charge on any atom is 0.187 e. The molecule has 1 N–H and O–H groups in total. The lowest BCUT2D eigenvalue weighted by Crippen LogP contribution is -2.07. The zero-order valence-electron chi connectivity index (χ0n) is 11.6. The van der Waals surface area contributed by atoms with E-state index in [1.165, 1.54) is 5.57 Å². The van der Waals surface area contributed by atoms with Gasteiger partial charge in [-0.1, -0.05) is 24.3 Å². The molecule has 1 aromatic heterocycles. The maximum absolute atomic E-state index is 5.39. The Morgan fingerprint density at radius 2 is 2.15 bits per heavy atom. The van der Waals surface area contributed by atoms with E-state index in [1.807, 2.05) is 0 Å². The molecule has 0 saturated heterocycles. The fourth-order valence-electron chi connectivity index (χ4n) is 2.37. The number of allylic oxidation sites excluding steroid dienone is 6. The molecule has 0 spiro atoms. The first-order chi connectivity index (χ1) is 9.86. The summed E-state index contributed by atoms with van der Waals surface area (Å²) >= 11 is 1.64. The predicted molar refractivity (Wildman–Crippen MR) is 84.5 cm³/mol. The van der Waals surface area contributed by atoms with Gasteiger partial charge < -0.3 is 10.1 Å². The van der Waals surface area contributed by atoms with Crippen molar-refractivity contribution in [2.24, 2.45) is 0 Å². The van der Waals surface area contributed by atoms with Gasteiger partial charge in [-0.25, -0.2) is 4.98 Å². The lowest BCUT2D eigenvalue weighted by molar-refractivity contribution is 0.298. The van der Waals surface area contributed by atoms with Crippen LogP contribution in [-0.4, -0.2) is 12.1 Å². The van der Waals surface area contributed by atoms with Crippen LogP contribution in [0.3, 0.4) is 0 Å². The largest absolute Gasteiger partial charge is 0.495 e. The van der Waals surface area contributed by atoms with Crippen LogP contribution in [0.2, 0.25) is 0 Å². The molecule has 104 valence electrons. The summed E-state index contributed by atoms with van der Waals surface area (Å²) in [6.45, 7) is 0. The van der Waals surface area contributed by atoms with Crippen LogP contribution in [0.1, 0.15) is 31.4 Å². The van der Waals surface area contributed by atoms with Crippen LogP contribution < -0.4 is 5.32 Å². The Hall–Kier alpha value is -1.81. The summed E-state index contributed by atoms with van der Waals surface area (Å²) in [4.78, 5) is 4.68. The van der Waals surface area contributed by atoms with Gasteiger partial charge in [-0.3, -0.25) is 0 Å². The SMILES string of the molecule is COC1=CCCC=C1Nc1nc(C2=CC=CCC2)cs1. The number of ether oxygens (including phenoxy) is 1. The highest BCUT2D eigenvalue weighted by Gasteiger charge is 2.13. The Bertz CT molecular complexity index is 608. The van der Waals surface area contributed by atoms with Crippen LogP contribution in [0, 0.1) is 0 Å². The van der Waals surface area contributed by atoms with Crippen molar-refractivity contribution in [3.05, 3.63) is 52.9 Å². The molecule has 3 rings (SSSR count). The quantitative estimate of drug-likeness (QED) is 0.885. The minimum Gasteiger partial charge on any atom is -0.495 e. The minimum absolute atomic E-state index is 0.910. The van der Waals surface area contributed by atoms with Gasteiger partial charge in [0.1, 0.15) is 5.76 Å². The third kappa shape index (κ3) is 2.85. The number of methoxy groups -OCH3 is 1. The molecular formula is C16H18N2OS. The Morgan fingerprint density at radius 3 is 2.95 bits per heavy atom. The topological polar surface area (TPSA) is 34.1 Å². The fourth-order valence-corrected chi connectivity index (χ4v) is 3.12. The lowest BCUT2D eigenvalue weighted by Gasteiger charge is -2.15. The van der Waals surface area contributed by atoms with Crippen molar-refractivity contribution in [3.8, 4) is 0 Å². The zero-order chi connectivity index (χ0) is 13.8. The monoisotopic (exact) mass is 286 g/mol. The zero-order valence-corrected chi connectivity index (χ0v) is 12.4. The summed E-state index contributed by atoms with van der Waals surface area (Å²) in [7, 11) is 1.71. The third-order valence-electron chi connectivity index (χ3n) is 3.42. The molecule has 0 amide bonds. The summed E-state index contributed by atoms with van der Waals surface area (Å²) in [6, 6.07) is 0. The standard InChI is InChI=1S/C16H18N2OS/c1-19-15-10-6-5-9-13(15)17-16-18-14(11-20-16)12-7-3-2-4-8-12/h2-3,7,9-11H,4-6,8H2,1H3,(H,17,18). The van der Waals surface area contributed by atoms with Crippen molar-refractivity contribution in [2.75, 3.05) is 12.4 Å². The molecule has 3 nitrogen and oxygen atoms in total. The molecule has 0 saturated carbocycles. The second-order valence-corrected chi connectivity index (χ2v) is 5.65. The molecule has 1 heterocycles. The summed E-state index contributed by atoms with van der Waals surface area (Å²) in [5.74, 6) is 0.910. The number of nitrogens with one attached hydrogen (secondary N) is 1. The van der Waals surface area contributed by atoms with Crippen molar-refractivity contribution in [3.63, 3.8) is 0 Å². The maximum atomic E-state index is 5.39. The van der Waals surface area contributed by atoms with Crippen molar-refractivity contribution < 1.29 is 4.74 Å². The number of aromatic nitrogens is 1. The van der Waals surface area contributed by atoms with E-state index < -0.39 is 0 Å². The van der Waals surface area contributed by atoms with Gasteiger partial charge in [-0.15, -0.1) is 11.3 Å². The van der Waals surface area contributed by atoms with E-state index in [0.29, 0.717) is 0 Å². The fraction of sp³-hybridized carbons (Fsp3) is 0.312. The van der Waals surface area contributed by atoms with Crippen LogP contribution in [0.4, 0.5) is 5.13 Å². The van der Waals surface area contributed by atoms with Gasteiger partial charge >= 0.3 is 0 Å². The molecule has 1 aromatic rings. The summed E-state index contributed by atoms with van der Waals surface area (Å²) in [5.41, 5.74) is 3.43. The molecule has 0 aromatic carbocycles. The van der Waals surface area contributed by atoms with Crippen molar-refractivity contribution in [1.29, 1.82) is 0 Å². The normalized spacial score (nSPS) is 18.1. The number of nitrogens with zero attached hydrogens (tertiary/aromatic N) is 1. The molecule has 20 heavy (non-hydrogen) atoms. The van der Waals surface area contributed by atoms with E-state index in [-0.39, 0.29) is 0 Å². The number of hydrogen-bond acceptors (Lipinski definition) is 4. The lowest BCUT2D eigenvalue weighted by atomic mass is 10.0. The van der Waals surface area contributed by atoms with E-state index in [2.05, 4.69) is 46.1 Å². The summed E-state index contributed by atoms with van der Waals surface area (Å²) in [6.07, 6.45) is 15.0. The van der Waals surface area contributed by atoms with Gasteiger partial charge in [0.15, 0.2) is 5.13 Å².